The Labute approximate surface area is 229 Å². The number of nitrogens with one attached hydrogen (secondary N) is 1. The second kappa shape index (κ2) is 10.4. The van der Waals surface area contributed by atoms with E-state index >= 15 is 0 Å². The van der Waals surface area contributed by atoms with E-state index in [0.717, 1.165) is 44.4 Å². The summed E-state index contributed by atoms with van der Waals surface area (Å²) >= 11 is 1.54. The fourth-order valence-electron chi connectivity index (χ4n) is 4.54. The molecular weight excluding hydrogens is 510 g/mol. The Morgan fingerprint density at radius 3 is 2.62 bits per heavy atom. The lowest BCUT2D eigenvalue weighted by Crippen LogP contribution is -2.08. The lowest BCUT2D eigenvalue weighted by atomic mass is 10.00. The van der Waals surface area contributed by atoms with Crippen molar-refractivity contribution in [1.82, 2.24) is 19.7 Å². The third kappa shape index (κ3) is 5.18. The first kappa shape index (κ1) is 24.9. The standard InChI is InChI=1S/C30H27N5O3S/c1-18(2)20-9-12-26-24(13-20)21(14-29(36)38-26)17-39-30-34-33-28(35(30)23-7-5-4-6-8-23)16-31-22-10-11-25-27(15-22)37-19(3)32-25/h4-15,18,31H,16-17H2,1-3H3. The fraction of sp³-hybridized carbons (Fsp3) is 0.200. The summed E-state index contributed by atoms with van der Waals surface area (Å²) in [5.74, 6) is 2.31. The van der Waals surface area contributed by atoms with Crippen molar-refractivity contribution >= 4 is 39.5 Å². The van der Waals surface area contributed by atoms with E-state index in [2.05, 4.69) is 40.4 Å². The maximum Gasteiger partial charge on any atom is 0.336 e. The first-order valence-electron chi connectivity index (χ1n) is 12.7. The first-order chi connectivity index (χ1) is 18.9. The van der Waals surface area contributed by atoms with Gasteiger partial charge in [0.25, 0.3) is 0 Å². The molecule has 39 heavy (non-hydrogen) atoms. The van der Waals surface area contributed by atoms with Crippen LogP contribution in [0.25, 0.3) is 27.8 Å². The van der Waals surface area contributed by atoms with Gasteiger partial charge in [0.1, 0.15) is 11.1 Å². The molecule has 6 aromatic rings. The number of fused-ring (bicyclic) bond motifs is 2. The zero-order valence-corrected chi connectivity index (χ0v) is 22.7. The average molecular weight is 538 g/mol. The molecule has 0 fully saturated rings. The Bertz CT molecular complexity index is 1840. The van der Waals surface area contributed by atoms with Crippen LogP contribution in [0.3, 0.4) is 0 Å². The lowest BCUT2D eigenvalue weighted by Gasteiger charge is -2.12. The van der Waals surface area contributed by atoms with Gasteiger partial charge in [0.2, 0.25) is 0 Å². The van der Waals surface area contributed by atoms with Crippen LogP contribution in [0, 0.1) is 6.92 Å². The second-order valence-corrected chi connectivity index (χ2v) is 10.6. The molecule has 0 unspecified atom stereocenters. The highest BCUT2D eigenvalue weighted by Crippen LogP contribution is 2.30. The summed E-state index contributed by atoms with van der Waals surface area (Å²) in [4.78, 5) is 16.7. The zero-order valence-electron chi connectivity index (χ0n) is 21.8. The molecule has 196 valence electrons. The van der Waals surface area contributed by atoms with Gasteiger partial charge in [-0.3, -0.25) is 4.57 Å². The molecular formula is C30H27N5O3S. The summed E-state index contributed by atoms with van der Waals surface area (Å²) in [6, 6.07) is 23.4. The van der Waals surface area contributed by atoms with E-state index in [0.29, 0.717) is 29.7 Å². The minimum absolute atomic E-state index is 0.358. The minimum Gasteiger partial charge on any atom is -0.441 e. The molecule has 8 nitrogen and oxygen atoms in total. The molecule has 3 heterocycles. The molecule has 0 saturated carbocycles. The summed E-state index contributed by atoms with van der Waals surface area (Å²) in [6.45, 7) is 6.59. The smallest absolute Gasteiger partial charge is 0.336 e. The summed E-state index contributed by atoms with van der Waals surface area (Å²) in [6.07, 6.45) is 0. The number of hydrogen-bond donors (Lipinski definition) is 1. The first-order valence-corrected chi connectivity index (χ1v) is 13.7. The number of nitrogens with zero attached hydrogens (tertiary/aromatic N) is 4. The zero-order chi connectivity index (χ0) is 26.9. The Hall–Kier alpha value is -4.37. The van der Waals surface area contributed by atoms with E-state index in [9.17, 15) is 4.79 Å². The van der Waals surface area contributed by atoms with Gasteiger partial charge in [-0.15, -0.1) is 10.2 Å². The number of rotatable bonds is 8. The van der Waals surface area contributed by atoms with Crippen molar-refractivity contribution in [3.05, 3.63) is 106 Å². The summed E-state index contributed by atoms with van der Waals surface area (Å²) in [5.41, 5.74) is 5.76. The lowest BCUT2D eigenvalue weighted by molar-refractivity contribution is 0.559. The minimum atomic E-state index is -0.358. The van der Waals surface area contributed by atoms with Crippen LogP contribution in [0.5, 0.6) is 0 Å². The van der Waals surface area contributed by atoms with Gasteiger partial charge in [-0.1, -0.05) is 49.9 Å². The highest BCUT2D eigenvalue weighted by Gasteiger charge is 2.16. The number of anilines is 1. The number of aromatic nitrogens is 4. The van der Waals surface area contributed by atoms with Crippen molar-refractivity contribution in [3.63, 3.8) is 0 Å². The summed E-state index contributed by atoms with van der Waals surface area (Å²) in [7, 11) is 0. The van der Waals surface area contributed by atoms with Crippen molar-refractivity contribution < 1.29 is 8.83 Å². The Morgan fingerprint density at radius 1 is 0.949 bits per heavy atom. The Balaban J connectivity index is 1.30. The highest BCUT2D eigenvalue weighted by atomic mass is 32.2. The quantitative estimate of drug-likeness (QED) is 0.166. The molecule has 0 spiro atoms. The Kier molecular flexibility index (Phi) is 6.66. The topological polar surface area (TPSA) is 99.0 Å². The van der Waals surface area contributed by atoms with Crippen LogP contribution in [-0.4, -0.2) is 19.7 Å². The van der Waals surface area contributed by atoms with Gasteiger partial charge in [-0.2, -0.15) is 0 Å². The van der Waals surface area contributed by atoms with Crippen molar-refractivity contribution in [2.45, 2.75) is 44.1 Å². The largest absolute Gasteiger partial charge is 0.441 e. The SMILES string of the molecule is Cc1nc2ccc(NCc3nnc(SCc4cc(=O)oc5ccc(C(C)C)cc45)n3-c3ccccc3)cc2o1. The van der Waals surface area contributed by atoms with Crippen LogP contribution in [0.4, 0.5) is 5.69 Å². The predicted octanol–water partition coefficient (Wildman–Crippen LogP) is 6.85. The third-order valence-corrected chi connectivity index (χ3v) is 7.51. The summed E-state index contributed by atoms with van der Waals surface area (Å²) < 4.78 is 13.2. The van der Waals surface area contributed by atoms with E-state index in [1.54, 1.807) is 6.07 Å². The maximum absolute atomic E-state index is 12.3. The monoisotopic (exact) mass is 537 g/mol. The van der Waals surface area contributed by atoms with Gasteiger partial charge in [0.05, 0.1) is 6.54 Å². The van der Waals surface area contributed by atoms with Gasteiger partial charge in [-0.05, 0) is 53.4 Å². The molecule has 0 atom stereocenters. The maximum atomic E-state index is 12.3. The molecule has 6 rings (SSSR count). The molecule has 9 heteroatoms. The van der Waals surface area contributed by atoms with Crippen molar-refractivity contribution in [2.75, 3.05) is 5.32 Å². The number of benzene rings is 3. The van der Waals surface area contributed by atoms with E-state index < -0.39 is 0 Å². The van der Waals surface area contributed by atoms with Gasteiger partial charge < -0.3 is 14.2 Å². The second-order valence-electron chi connectivity index (χ2n) is 9.63. The normalized spacial score (nSPS) is 11.6. The van der Waals surface area contributed by atoms with Crippen LogP contribution >= 0.6 is 11.8 Å². The number of hydrogen-bond acceptors (Lipinski definition) is 8. The number of oxazole rings is 1. The predicted molar refractivity (Wildman–Crippen MR) is 154 cm³/mol. The van der Waals surface area contributed by atoms with E-state index in [-0.39, 0.29) is 5.63 Å². The number of para-hydroxylation sites is 1. The third-order valence-electron chi connectivity index (χ3n) is 6.54. The summed E-state index contributed by atoms with van der Waals surface area (Å²) in [5, 5.41) is 14.2. The molecule has 0 amide bonds. The van der Waals surface area contributed by atoms with Crippen LogP contribution in [0.2, 0.25) is 0 Å². The van der Waals surface area contributed by atoms with E-state index in [1.165, 1.54) is 17.3 Å². The molecule has 0 aliphatic heterocycles. The van der Waals surface area contributed by atoms with Crippen molar-refractivity contribution in [3.8, 4) is 5.69 Å². The number of thioether (sulfide) groups is 1. The van der Waals surface area contributed by atoms with Gasteiger partial charge >= 0.3 is 5.63 Å². The Morgan fingerprint density at radius 2 is 1.79 bits per heavy atom. The van der Waals surface area contributed by atoms with Crippen molar-refractivity contribution in [2.24, 2.45) is 0 Å². The van der Waals surface area contributed by atoms with E-state index in [1.807, 2.05) is 72.2 Å². The van der Waals surface area contributed by atoms with Gasteiger partial charge in [-0.25, -0.2) is 9.78 Å². The molecule has 0 aliphatic carbocycles. The number of aryl methyl sites for hydroxylation is 1. The van der Waals surface area contributed by atoms with E-state index in [4.69, 9.17) is 8.83 Å². The molecule has 3 aromatic heterocycles. The van der Waals surface area contributed by atoms with Gasteiger partial charge in [0, 0.05) is 41.6 Å². The fourth-order valence-corrected chi connectivity index (χ4v) is 5.50. The molecule has 0 aliphatic rings. The average Bonchev–Trinajstić information content (AvgIpc) is 3.52. The van der Waals surface area contributed by atoms with Crippen LogP contribution < -0.4 is 10.9 Å². The molecule has 0 radical (unpaired) electrons. The molecule has 0 saturated heterocycles. The van der Waals surface area contributed by atoms with Gasteiger partial charge in [0.15, 0.2) is 22.5 Å². The molecule has 0 bridgehead atoms. The van der Waals surface area contributed by atoms with Crippen LogP contribution in [0.15, 0.2) is 91.6 Å². The molecule has 1 N–H and O–H groups in total. The van der Waals surface area contributed by atoms with Crippen LogP contribution in [0.1, 0.15) is 42.6 Å². The highest BCUT2D eigenvalue weighted by molar-refractivity contribution is 7.98. The van der Waals surface area contributed by atoms with Crippen molar-refractivity contribution in [1.29, 1.82) is 0 Å². The molecule has 3 aromatic carbocycles. The van der Waals surface area contributed by atoms with Crippen LogP contribution in [-0.2, 0) is 12.3 Å².